The van der Waals surface area contributed by atoms with E-state index in [9.17, 15) is 9.59 Å². The molecule has 3 rings (SSSR count). The van der Waals surface area contributed by atoms with Gasteiger partial charge >= 0.3 is 0 Å². The number of halogens is 1. The average molecular weight is 401 g/mol. The van der Waals surface area contributed by atoms with E-state index >= 15 is 0 Å². The molecule has 0 bridgehead atoms. The van der Waals surface area contributed by atoms with Crippen LogP contribution in [0.5, 0.6) is 0 Å². The molecule has 0 aliphatic heterocycles. The summed E-state index contributed by atoms with van der Waals surface area (Å²) < 4.78 is 1.67. The summed E-state index contributed by atoms with van der Waals surface area (Å²) >= 11 is 7.17. The predicted octanol–water partition coefficient (Wildman–Crippen LogP) is 3.39. The van der Waals surface area contributed by atoms with Crippen LogP contribution in [0.25, 0.3) is 5.69 Å². The number of hydrogen-bond donors (Lipinski definition) is 2. The van der Waals surface area contributed by atoms with E-state index in [1.54, 1.807) is 22.9 Å². The van der Waals surface area contributed by atoms with Crippen LogP contribution in [0.4, 0.5) is 0 Å². The Bertz CT molecular complexity index is 942. The lowest BCUT2D eigenvalue weighted by atomic mass is 10.3. The van der Waals surface area contributed by atoms with E-state index in [4.69, 9.17) is 11.6 Å². The van der Waals surface area contributed by atoms with Crippen molar-refractivity contribution in [2.45, 2.75) is 11.8 Å². The zero-order chi connectivity index (χ0) is 19.2. The highest BCUT2D eigenvalue weighted by atomic mass is 35.5. The maximum absolute atomic E-state index is 12.2. The van der Waals surface area contributed by atoms with E-state index in [1.807, 2.05) is 49.4 Å². The summed E-state index contributed by atoms with van der Waals surface area (Å²) in [7, 11) is 0. The first-order chi connectivity index (χ1) is 13.0. The molecule has 0 fully saturated rings. The average Bonchev–Trinajstić information content (AvgIpc) is 3.08. The fourth-order valence-corrected chi connectivity index (χ4v) is 3.15. The highest BCUT2D eigenvalue weighted by Crippen LogP contribution is 2.19. The molecule has 3 aromatic rings. The first-order valence-corrected chi connectivity index (χ1v) is 9.49. The molecule has 2 aromatic carbocycles. The van der Waals surface area contributed by atoms with Crippen molar-refractivity contribution in [2.24, 2.45) is 0 Å². The lowest BCUT2D eigenvalue weighted by molar-refractivity contribution is -0.119. The number of nitrogens with one attached hydrogen (secondary N) is 2. The van der Waals surface area contributed by atoms with Gasteiger partial charge in [-0.2, -0.15) is 5.10 Å². The summed E-state index contributed by atoms with van der Waals surface area (Å²) in [6.07, 6.45) is 0. The van der Waals surface area contributed by atoms with E-state index in [0.717, 1.165) is 16.3 Å². The molecule has 0 unspecified atom stereocenters. The Morgan fingerprint density at radius 1 is 1.07 bits per heavy atom. The number of carbonyl (C=O) groups is 2. The van der Waals surface area contributed by atoms with Gasteiger partial charge in [0.15, 0.2) is 5.69 Å². The van der Waals surface area contributed by atoms with Crippen LogP contribution in [0.1, 0.15) is 16.2 Å². The number of hydrogen-bond acceptors (Lipinski definition) is 4. The molecule has 0 aliphatic rings. The summed E-state index contributed by atoms with van der Waals surface area (Å²) in [4.78, 5) is 25.1. The van der Waals surface area contributed by atoms with Gasteiger partial charge in [0, 0.05) is 15.6 Å². The Morgan fingerprint density at radius 3 is 2.48 bits per heavy atom. The van der Waals surface area contributed by atoms with Crippen molar-refractivity contribution in [3.8, 4) is 5.69 Å². The number of para-hydroxylation sites is 1. The third kappa shape index (κ3) is 5.12. The van der Waals surface area contributed by atoms with Crippen molar-refractivity contribution in [3.63, 3.8) is 0 Å². The van der Waals surface area contributed by atoms with E-state index < -0.39 is 5.91 Å². The predicted molar refractivity (Wildman–Crippen MR) is 106 cm³/mol. The second-order valence-corrected chi connectivity index (χ2v) is 7.15. The van der Waals surface area contributed by atoms with Gasteiger partial charge in [-0.15, -0.1) is 11.8 Å². The van der Waals surface area contributed by atoms with Crippen molar-refractivity contribution in [3.05, 3.63) is 77.1 Å². The van der Waals surface area contributed by atoms with Crippen molar-refractivity contribution >= 4 is 35.2 Å². The molecule has 0 saturated heterocycles. The van der Waals surface area contributed by atoms with Crippen molar-refractivity contribution < 1.29 is 9.59 Å². The minimum Gasteiger partial charge on any atom is -0.272 e. The summed E-state index contributed by atoms with van der Waals surface area (Å²) in [5.41, 5.74) is 6.68. The second kappa shape index (κ2) is 8.75. The van der Waals surface area contributed by atoms with Crippen LogP contribution in [-0.2, 0) is 4.79 Å². The van der Waals surface area contributed by atoms with Crippen molar-refractivity contribution in [1.29, 1.82) is 0 Å². The normalized spacial score (nSPS) is 10.4. The molecule has 8 heteroatoms. The van der Waals surface area contributed by atoms with E-state index in [1.165, 1.54) is 11.8 Å². The molecule has 1 aromatic heterocycles. The van der Waals surface area contributed by atoms with Crippen LogP contribution in [-0.4, -0.2) is 27.3 Å². The smallest absolute Gasteiger partial charge is 0.272 e. The molecule has 0 atom stereocenters. The van der Waals surface area contributed by atoms with Crippen LogP contribution in [0, 0.1) is 6.92 Å². The van der Waals surface area contributed by atoms with Gasteiger partial charge in [0.05, 0.1) is 11.4 Å². The maximum Gasteiger partial charge on any atom is 0.290 e. The van der Waals surface area contributed by atoms with Gasteiger partial charge in [0.2, 0.25) is 5.91 Å². The fraction of sp³-hybridized carbons (Fsp3) is 0.105. The topological polar surface area (TPSA) is 76.0 Å². The molecule has 1 heterocycles. The number of hydrazine groups is 1. The lowest BCUT2D eigenvalue weighted by Gasteiger charge is -2.06. The second-order valence-electron chi connectivity index (χ2n) is 5.66. The molecule has 0 spiro atoms. The molecule has 2 N–H and O–H groups in total. The van der Waals surface area contributed by atoms with Gasteiger partial charge in [0.25, 0.3) is 5.91 Å². The van der Waals surface area contributed by atoms with E-state index in [2.05, 4.69) is 16.0 Å². The Kier molecular flexibility index (Phi) is 6.16. The Morgan fingerprint density at radius 2 is 1.78 bits per heavy atom. The Hall–Kier alpha value is -2.77. The maximum atomic E-state index is 12.2. The molecule has 138 valence electrons. The van der Waals surface area contributed by atoms with Crippen LogP contribution in [0.3, 0.4) is 0 Å². The molecule has 2 amide bonds. The molecule has 0 aliphatic carbocycles. The minimum atomic E-state index is -0.474. The third-order valence-corrected chi connectivity index (χ3v) is 4.88. The molecular formula is C19H17ClN4O2S. The van der Waals surface area contributed by atoms with Crippen LogP contribution in [0.2, 0.25) is 5.02 Å². The fourth-order valence-electron chi connectivity index (χ4n) is 2.32. The summed E-state index contributed by atoms with van der Waals surface area (Å²) in [6.45, 7) is 1.86. The van der Waals surface area contributed by atoms with E-state index in [0.29, 0.717) is 5.02 Å². The number of nitrogens with zero attached hydrogens (tertiary/aromatic N) is 2. The molecule has 0 radical (unpaired) electrons. The molecule has 6 nitrogen and oxygen atoms in total. The van der Waals surface area contributed by atoms with Gasteiger partial charge in [-0.25, -0.2) is 4.68 Å². The summed E-state index contributed by atoms with van der Waals surface area (Å²) in [5.74, 6) is -0.625. The lowest BCUT2D eigenvalue weighted by Crippen LogP contribution is -2.42. The SMILES string of the molecule is Cc1cc(C(=O)NNC(=O)CSc2ccc(Cl)cc2)nn1-c1ccccc1. The van der Waals surface area contributed by atoms with Crippen molar-refractivity contribution in [1.82, 2.24) is 20.6 Å². The minimum absolute atomic E-state index is 0.166. The van der Waals surface area contributed by atoms with Gasteiger partial charge in [0.1, 0.15) is 0 Å². The first-order valence-electron chi connectivity index (χ1n) is 8.12. The van der Waals surface area contributed by atoms with E-state index in [-0.39, 0.29) is 17.4 Å². The molecular weight excluding hydrogens is 384 g/mol. The zero-order valence-electron chi connectivity index (χ0n) is 14.5. The Balaban J connectivity index is 1.53. The number of thioether (sulfide) groups is 1. The monoisotopic (exact) mass is 400 g/mol. The number of carbonyl (C=O) groups excluding carboxylic acids is 2. The number of benzene rings is 2. The quantitative estimate of drug-likeness (QED) is 0.508. The first kappa shape index (κ1) is 19.0. The third-order valence-electron chi connectivity index (χ3n) is 3.62. The zero-order valence-corrected chi connectivity index (χ0v) is 16.1. The number of rotatable bonds is 5. The molecule has 27 heavy (non-hydrogen) atoms. The highest BCUT2D eigenvalue weighted by molar-refractivity contribution is 8.00. The number of amides is 2. The van der Waals surface area contributed by atoms with Crippen LogP contribution >= 0.6 is 23.4 Å². The molecule has 0 saturated carbocycles. The largest absolute Gasteiger partial charge is 0.290 e. The number of aryl methyl sites for hydroxylation is 1. The summed E-state index contributed by atoms with van der Waals surface area (Å²) in [6, 6.07) is 18.3. The van der Waals surface area contributed by atoms with Gasteiger partial charge in [-0.05, 0) is 49.4 Å². The summed E-state index contributed by atoms with van der Waals surface area (Å²) in [5, 5.41) is 4.94. The highest BCUT2D eigenvalue weighted by Gasteiger charge is 2.14. The standard InChI is InChI=1S/C19H17ClN4O2S/c1-13-11-17(23-24(13)15-5-3-2-4-6-15)19(26)22-21-18(25)12-27-16-9-7-14(20)8-10-16/h2-11H,12H2,1H3,(H,21,25)(H,22,26). The van der Waals surface area contributed by atoms with Crippen LogP contribution < -0.4 is 10.9 Å². The van der Waals surface area contributed by atoms with Crippen LogP contribution in [0.15, 0.2) is 65.6 Å². The van der Waals surface area contributed by atoms with Gasteiger partial charge in [-0.3, -0.25) is 20.4 Å². The number of aromatic nitrogens is 2. The van der Waals surface area contributed by atoms with Gasteiger partial charge < -0.3 is 0 Å². The van der Waals surface area contributed by atoms with Crippen molar-refractivity contribution in [2.75, 3.05) is 5.75 Å². The van der Waals surface area contributed by atoms with Gasteiger partial charge in [-0.1, -0.05) is 29.8 Å². The Labute approximate surface area is 165 Å².